The molecule has 2 N–H and O–H groups in total. The molecule has 0 amide bonds. The van der Waals surface area contributed by atoms with Crippen LogP contribution in [0.15, 0.2) is 58.1 Å². The van der Waals surface area contributed by atoms with Crippen molar-refractivity contribution in [2.75, 3.05) is 11.9 Å². The fourth-order valence-corrected chi connectivity index (χ4v) is 3.52. The zero-order valence-electron chi connectivity index (χ0n) is 19.5. The minimum atomic E-state index is -0.701. The lowest BCUT2D eigenvalue weighted by molar-refractivity contribution is -0.120. The summed E-state index contributed by atoms with van der Waals surface area (Å²) in [5, 5.41) is 12.4. The average molecular weight is 504 g/mol. The molecule has 0 aliphatic heterocycles. The summed E-state index contributed by atoms with van der Waals surface area (Å²) < 4.78 is 22.1. The number of nitrogens with one attached hydrogen (secondary N) is 1. The van der Waals surface area contributed by atoms with Crippen molar-refractivity contribution in [1.82, 2.24) is 9.13 Å². The Morgan fingerprint density at radius 2 is 1.83 bits per heavy atom. The maximum absolute atomic E-state index is 14.5. The van der Waals surface area contributed by atoms with Gasteiger partial charge >= 0.3 is 5.69 Å². The van der Waals surface area contributed by atoms with E-state index in [-0.39, 0.29) is 49.4 Å². The van der Waals surface area contributed by atoms with E-state index >= 15 is 0 Å². The van der Waals surface area contributed by atoms with Gasteiger partial charge in [0.1, 0.15) is 5.82 Å². The average Bonchev–Trinajstić information content (AvgIpc) is 2.80. The SMILES string of the molecule is CC(C)Oc1ccc(Nc2cc(=O)n(CC(=O)CCCO)c(=O)n2Cc2ccc(Cl)cc2)cc1F. The van der Waals surface area contributed by atoms with E-state index in [1.807, 2.05) is 0 Å². The molecule has 0 saturated heterocycles. The highest BCUT2D eigenvalue weighted by atomic mass is 35.5. The molecule has 10 heteroatoms. The van der Waals surface area contributed by atoms with E-state index in [0.29, 0.717) is 10.7 Å². The van der Waals surface area contributed by atoms with Crippen LogP contribution >= 0.6 is 11.6 Å². The van der Waals surface area contributed by atoms with Crippen LogP contribution in [0.4, 0.5) is 15.9 Å². The normalized spacial score (nSPS) is 11.0. The minimum absolute atomic E-state index is 0.0453. The van der Waals surface area contributed by atoms with Crippen molar-refractivity contribution in [1.29, 1.82) is 0 Å². The van der Waals surface area contributed by atoms with Gasteiger partial charge in [0, 0.05) is 35.9 Å². The number of aliphatic hydroxyl groups excluding tert-OH is 1. The second-order valence-corrected chi connectivity index (χ2v) is 8.69. The van der Waals surface area contributed by atoms with E-state index in [2.05, 4.69) is 5.32 Å². The van der Waals surface area contributed by atoms with Crippen LogP contribution in [0.5, 0.6) is 5.75 Å². The predicted molar refractivity (Wildman–Crippen MR) is 132 cm³/mol. The van der Waals surface area contributed by atoms with Crippen LogP contribution in [0.1, 0.15) is 32.3 Å². The largest absolute Gasteiger partial charge is 0.488 e. The van der Waals surface area contributed by atoms with E-state index < -0.39 is 23.6 Å². The highest BCUT2D eigenvalue weighted by molar-refractivity contribution is 6.30. The molecule has 1 aromatic heterocycles. The molecule has 0 saturated carbocycles. The summed E-state index contributed by atoms with van der Waals surface area (Å²) in [7, 11) is 0. The summed E-state index contributed by atoms with van der Waals surface area (Å²) in [6.07, 6.45) is 0.0818. The highest BCUT2D eigenvalue weighted by Crippen LogP contribution is 2.24. The number of carbonyl (C=O) groups is 1. The Balaban J connectivity index is 2.01. The van der Waals surface area contributed by atoms with Crippen molar-refractivity contribution in [2.45, 2.75) is 45.9 Å². The molecular weight excluding hydrogens is 477 g/mol. The minimum Gasteiger partial charge on any atom is -0.488 e. The zero-order valence-corrected chi connectivity index (χ0v) is 20.2. The lowest BCUT2D eigenvalue weighted by Gasteiger charge is -2.17. The molecule has 3 aromatic rings. The Labute approximate surface area is 206 Å². The van der Waals surface area contributed by atoms with Gasteiger partial charge in [0.25, 0.3) is 5.56 Å². The number of hydrogen-bond acceptors (Lipinski definition) is 6. The van der Waals surface area contributed by atoms with Gasteiger partial charge in [-0.05, 0) is 50.1 Å². The topological polar surface area (TPSA) is 103 Å². The molecule has 8 nitrogen and oxygen atoms in total. The van der Waals surface area contributed by atoms with E-state index in [0.717, 1.165) is 10.1 Å². The van der Waals surface area contributed by atoms with Crippen LogP contribution in [0.25, 0.3) is 0 Å². The Bertz CT molecular complexity index is 1300. The number of Topliss-reactive ketones (excluding diaryl/α,β-unsaturated/α-hetero) is 1. The maximum Gasteiger partial charge on any atom is 0.333 e. The second kappa shape index (κ2) is 11.8. The van der Waals surface area contributed by atoms with E-state index in [9.17, 15) is 18.8 Å². The summed E-state index contributed by atoms with van der Waals surface area (Å²) in [6, 6.07) is 12.2. The van der Waals surface area contributed by atoms with Crippen molar-refractivity contribution >= 4 is 28.9 Å². The first-order valence-corrected chi connectivity index (χ1v) is 11.5. The van der Waals surface area contributed by atoms with E-state index in [1.165, 1.54) is 22.8 Å². The number of aliphatic hydroxyl groups is 1. The number of nitrogens with zero attached hydrogens (tertiary/aromatic N) is 2. The van der Waals surface area contributed by atoms with E-state index in [4.69, 9.17) is 21.4 Å². The molecule has 2 aromatic carbocycles. The first-order valence-electron chi connectivity index (χ1n) is 11.1. The summed E-state index contributed by atoms with van der Waals surface area (Å²) in [6.45, 7) is 3.06. The number of halogens is 2. The third-order valence-electron chi connectivity index (χ3n) is 5.05. The summed E-state index contributed by atoms with van der Waals surface area (Å²) in [4.78, 5) is 38.2. The monoisotopic (exact) mass is 503 g/mol. The van der Waals surface area contributed by atoms with Crippen LogP contribution < -0.4 is 21.3 Å². The molecule has 0 radical (unpaired) electrons. The number of ether oxygens (including phenoxy) is 1. The van der Waals surface area contributed by atoms with Crippen LogP contribution in [-0.2, 0) is 17.9 Å². The van der Waals surface area contributed by atoms with Gasteiger partial charge < -0.3 is 15.2 Å². The summed E-state index contributed by atoms with van der Waals surface area (Å²) >= 11 is 5.96. The smallest absolute Gasteiger partial charge is 0.333 e. The van der Waals surface area contributed by atoms with Gasteiger partial charge in [0.05, 0.1) is 19.2 Å². The molecule has 35 heavy (non-hydrogen) atoms. The fraction of sp³-hybridized carbons (Fsp3) is 0.320. The predicted octanol–water partition coefficient (Wildman–Crippen LogP) is 3.72. The van der Waals surface area contributed by atoms with Gasteiger partial charge in [0.15, 0.2) is 17.3 Å². The summed E-state index contributed by atoms with van der Waals surface area (Å²) in [5.74, 6) is -0.732. The van der Waals surface area contributed by atoms with Crippen LogP contribution in [-0.4, -0.2) is 32.7 Å². The molecule has 1 heterocycles. The van der Waals surface area contributed by atoms with Crippen LogP contribution in [0, 0.1) is 5.82 Å². The second-order valence-electron chi connectivity index (χ2n) is 8.25. The molecule has 0 aliphatic rings. The van der Waals surface area contributed by atoms with Gasteiger partial charge in [-0.25, -0.2) is 9.18 Å². The van der Waals surface area contributed by atoms with Gasteiger partial charge in [-0.2, -0.15) is 0 Å². The molecule has 0 fully saturated rings. The standard InChI is InChI=1S/C25H27ClFN3O5/c1-16(2)35-22-10-9-19(12-21(22)27)28-23-13-24(33)30(15-20(32)4-3-11-31)25(34)29(23)14-17-5-7-18(26)8-6-17/h5-10,12-13,16,28,31H,3-4,11,14-15H2,1-2H3. The van der Waals surface area contributed by atoms with Crippen molar-refractivity contribution in [3.8, 4) is 5.75 Å². The Morgan fingerprint density at radius 1 is 1.11 bits per heavy atom. The number of benzene rings is 2. The third kappa shape index (κ3) is 7.03. The van der Waals surface area contributed by atoms with Crippen LogP contribution in [0.2, 0.25) is 5.02 Å². The van der Waals surface area contributed by atoms with Gasteiger partial charge in [0.2, 0.25) is 0 Å². The molecule has 0 bridgehead atoms. The molecule has 3 rings (SSSR count). The highest BCUT2D eigenvalue weighted by Gasteiger charge is 2.16. The van der Waals surface area contributed by atoms with Crippen molar-refractivity contribution < 1.29 is 19.0 Å². The number of anilines is 2. The Hall–Kier alpha value is -3.43. The Kier molecular flexibility index (Phi) is 8.84. The van der Waals surface area contributed by atoms with Crippen LogP contribution in [0.3, 0.4) is 0 Å². The van der Waals surface area contributed by atoms with Crippen molar-refractivity contribution in [3.05, 3.63) is 85.8 Å². The molecule has 0 aliphatic carbocycles. The number of ketones is 1. The fourth-order valence-electron chi connectivity index (χ4n) is 3.40. The molecular formula is C25H27ClFN3O5. The number of carbonyl (C=O) groups excluding carboxylic acids is 1. The number of rotatable bonds is 11. The van der Waals surface area contributed by atoms with Gasteiger partial charge in [-0.1, -0.05) is 23.7 Å². The first kappa shape index (κ1) is 26.2. The van der Waals surface area contributed by atoms with Crippen molar-refractivity contribution in [3.63, 3.8) is 0 Å². The van der Waals surface area contributed by atoms with Gasteiger partial charge in [-0.3, -0.25) is 18.7 Å². The quantitative estimate of drug-likeness (QED) is 0.413. The zero-order chi connectivity index (χ0) is 25.5. The van der Waals surface area contributed by atoms with E-state index in [1.54, 1.807) is 44.2 Å². The first-order chi connectivity index (χ1) is 16.7. The van der Waals surface area contributed by atoms with Crippen molar-refractivity contribution in [2.24, 2.45) is 0 Å². The molecule has 0 unspecified atom stereocenters. The lowest BCUT2D eigenvalue weighted by atomic mass is 10.2. The number of aromatic nitrogens is 2. The number of hydrogen-bond donors (Lipinski definition) is 2. The molecule has 0 atom stereocenters. The molecule has 186 valence electrons. The summed E-state index contributed by atoms with van der Waals surface area (Å²) in [5.41, 5.74) is -0.350. The maximum atomic E-state index is 14.5. The third-order valence-corrected chi connectivity index (χ3v) is 5.30. The van der Waals surface area contributed by atoms with Gasteiger partial charge in [-0.15, -0.1) is 0 Å². The lowest BCUT2D eigenvalue weighted by Crippen LogP contribution is -2.42. The Morgan fingerprint density at radius 3 is 2.46 bits per heavy atom. The molecule has 0 spiro atoms.